The molecule has 0 aliphatic rings. The van der Waals surface area contributed by atoms with E-state index in [1.807, 2.05) is 18.3 Å². The van der Waals surface area contributed by atoms with Crippen molar-refractivity contribution in [1.29, 1.82) is 0 Å². The molecule has 0 aliphatic carbocycles. The van der Waals surface area contributed by atoms with Crippen molar-refractivity contribution >= 4 is 26.7 Å². The molecule has 0 saturated carbocycles. The van der Waals surface area contributed by atoms with E-state index in [9.17, 15) is 0 Å². The third-order valence-electron chi connectivity index (χ3n) is 2.68. The Hall–Kier alpha value is -1.68. The van der Waals surface area contributed by atoms with E-state index >= 15 is 0 Å². The van der Waals surface area contributed by atoms with Gasteiger partial charge in [0.05, 0.1) is 17.6 Å². The van der Waals surface area contributed by atoms with Crippen LogP contribution >= 0.6 is 15.9 Å². The van der Waals surface area contributed by atoms with E-state index in [1.54, 1.807) is 4.68 Å². The lowest BCUT2D eigenvalue weighted by molar-refractivity contribution is 0.801. The van der Waals surface area contributed by atoms with E-state index < -0.39 is 0 Å². The molecular weight excluding hydrogens is 278 g/mol. The summed E-state index contributed by atoms with van der Waals surface area (Å²) >= 11 is 3.37. The standard InChI is InChI=1S/C13H10BrN3/c14-8-12-9-17(16-15-12)13-6-5-10-3-1-2-4-11(10)7-13/h1-7,9H,8H2. The maximum Gasteiger partial charge on any atom is 0.0937 e. The normalized spacial score (nSPS) is 10.9. The third kappa shape index (κ3) is 1.96. The van der Waals surface area contributed by atoms with E-state index in [2.05, 4.69) is 56.6 Å². The number of fused-ring (bicyclic) bond motifs is 1. The number of alkyl halides is 1. The zero-order chi connectivity index (χ0) is 11.7. The monoisotopic (exact) mass is 287 g/mol. The molecule has 0 radical (unpaired) electrons. The Kier molecular flexibility index (Phi) is 2.65. The van der Waals surface area contributed by atoms with Gasteiger partial charge < -0.3 is 0 Å². The number of halogens is 1. The van der Waals surface area contributed by atoms with E-state index in [0.717, 1.165) is 16.7 Å². The maximum absolute atomic E-state index is 4.10. The van der Waals surface area contributed by atoms with E-state index in [4.69, 9.17) is 0 Å². The molecule has 0 N–H and O–H groups in total. The summed E-state index contributed by atoms with van der Waals surface area (Å²) in [5.41, 5.74) is 1.96. The summed E-state index contributed by atoms with van der Waals surface area (Å²) in [5.74, 6) is 0. The summed E-state index contributed by atoms with van der Waals surface area (Å²) in [4.78, 5) is 0. The number of hydrogen-bond donors (Lipinski definition) is 0. The Morgan fingerprint density at radius 2 is 1.88 bits per heavy atom. The highest BCUT2D eigenvalue weighted by Gasteiger charge is 2.02. The van der Waals surface area contributed by atoms with Crippen LogP contribution in [-0.4, -0.2) is 15.0 Å². The van der Waals surface area contributed by atoms with Gasteiger partial charge in [0.15, 0.2) is 0 Å². The van der Waals surface area contributed by atoms with Gasteiger partial charge in [0.25, 0.3) is 0 Å². The predicted molar refractivity (Wildman–Crippen MR) is 71.5 cm³/mol. The summed E-state index contributed by atoms with van der Waals surface area (Å²) in [6, 6.07) is 14.5. The van der Waals surface area contributed by atoms with Crippen LogP contribution < -0.4 is 0 Å². The second-order valence-corrected chi connectivity index (χ2v) is 4.38. The van der Waals surface area contributed by atoms with Crippen molar-refractivity contribution in [2.75, 3.05) is 0 Å². The molecule has 84 valence electrons. The molecule has 0 atom stereocenters. The highest BCUT2D eigenvalue weighted by molar-refractivity contribution is 9.08. The van der Waals surface area contributed by atoms with E-state index in [1.165, 1.54) is 10.8 Å². The van der Waals surface area contributed by atoms with Gasteiger partial charge in [-0.2, -0.15) is 0 Å². The second-order valence-electron chi connectivity index (χ2n) is 3.82. The minimum atomic E-state index is 0.723. The van der Waals surface area contributed by atoms with Gasteiger partial charge in [-0.15, -0.1) is 5.10 Å². The molecule has 0 saturated heterocycles. The van der Waals surface area contributed by atoms with Crippen molar-refractivity contribution in [1.82, 2.24) is 15.0 Å². The van der Waals surface area contributed by atoms with Gasteiger partial charge in [0, 0.05) is 5.33 Å². The van der Waals surface area contributed by atoms with Gasteiger partial charge in [-0.05, 0) is 22.9 Å². The molecule has 0 aliphatic heterocycles. The van der Waals surface area contributed by atoms with Gasteiger partial charge in [-0.25, -0.2) is 4.68 Å². The van der Waals surface area contributed by atoms with Crippen LogP contribution in [0.4, 0.5) is 0 Å². The molecule has 3 nitrogen and oxygen atoms in total. The molecule has 1 aromatic heterocycles. The van der Waals surface area contributed by atoms with Crippen molar-refractivity contribution in [2.24, 2.45) is 0 Å². The molecule has 3 aromatic rings. The van der Waals surface area contributed by atoms with Crippen LogP contribution in [0, 0.1) is 0 Å². The SMILES string of the molecule is BrCc1cn(-c2ccc3ccccc3c2)nn1. The molecular formula is C13H10BrN3. The lowest BCUT2D eigenvalue weighted by Crippen LogP contribution is -1.94. The summed E-state index contributed by atoms with van der Waals surface area (Å²) in [7, 11) is 0. The van der Waals surface area contributed by atoms with Crippen LogP contribution in [0.3, 0.4) is 0 Å². The Balaban J connectivity index is 2.11. The fourth-order valence-corrected chi connectivity index (χ4v) is 2.06. The van der Waals surface area contributed by atoms with E-state index in [-0.39, 0.29) is 0 Å². The van der Waals surface area contributed by atoms with Gasteiger partial charge in [-0.1, -0.05) is 51.5 Å². The molecule has 0 amide bonds. The number of hydrogen-bond acceptors (Lipinski definition) is 2. The molecule has 0 bridgehead atoms. The van der Waals surface area contributed by atoms with Crippen LogP contribution in [0.25, 0.3) is 16.5 Å². The van der Waals surface area contributed by atoms with Gasteiger partial charge >= 0.3 is 0 Å². The fourth-order valence-electron chi connectivity index (χ4n) is 1.81. The molecule has 0 unspecified atom stereocenters. The quantitative estimate of drug-likeness (QED) is 0.677. The first-order chi connectivity index (χ1) is 8.36. The molecule has 2 aromatic carbocycles. The summed E-state index contributed by atoms with van der Waals surface area (Å²) in [6.07, 6.45) is 1.93. The average molecular weight is 288 g/mol. The minimum absolute atomic E-state index is 0.723. The first kappa shape index (κ1) is 10.5. The van der Waals surface area contributed by atoms with Crippen molar-refractivity contribution in [3.63, 3.8) is 0 Å². The predicted octanol–water partition coefficient (Wildman–Crippen LogP) is 3.32. The molecule has 17 heavy (non-hydrogen) atoms. The van der Waals surface area contributed by atoms with Crippen molar-refractivity contribution < 1.29 is 0 Å². The molecule has 4 heteroatoms. The zero-order valence-corrected chi connectivity index (χ0v) is 10.6. The Bertz CT molecular complexity index is 660. The minimum Gasteiger partial charge on any atom is -0.220 e. The first-order valence-electron chi connectivity index (χ1n) is 5.33. The van der Waals surface area contributed by atoms with Crippen molar-refractivity contribution in [3.05, 3.63) is 54.4 Å². The molecule has 1 heterocycles. The summed E-state index contributed by atoms with van der Waals surface area (Å²) in [5, 5.41) is 11.3. The summed E-state index contributed by atoms with van der Waals surface area (Å²) in [6.45, 7) is 0. The number of benzene rings is 2. The van der Waals surface area contributed by atoms with Crippen molar-refractivity contribution in [3.8, 4) is 5.69 Å². The first-order valence-corrected chi connectivity index (χ1v) is 6.45. The van der Waals surface area contributed by atoms with Crippen LogP contribution in [0.5, 0.6) is 0 Å². The topological polar surface area (TPSA) is 30.7 Å². The van der Waals surface area contributed by atoms with Crippen LogP contribution in [0.1, 0.15) is 5.69 Å². The Labute approximate surface area is 107 Å². The third-order valence-corrected chi connectivity index (χ3v) is 3.25. The molecule has 3 rings (SSSR count). The van der Waals surface area contributed by atoms with Gasteiger partial charge in [-0.3, -0.25) is 0 Å². The molecule has 0 spiro atoms. The summed E-state index contributed by atoms with van der Waals surface area (Å²) < 4.78 is 1.79. The lowest BCUT2D eigenvalue weighted by atomic mass is 10.1. The average Bonchev–Trinajstić information content (AvgIpc) is 2.87. The smallest absolute Gasteiger partial charge is 0.0937 e. The maximum atomic E-state index is 4.10. The van der Waals surface area contributed by atoms with Crippen LogP contribution in [-0.2, 0) is 5.33 Å². The Morgan fingerprint density at radius 1 is 1.06 bits per heavy atom. The number of aromatic nitrogens is 3. The van der Waals surface area contributed by atoms with Gasteiger partial charge in [0.1, 0.15) is 0 Å². The molecule has 0 fully saturated rings. The number of rotatable bonds is 2. The lowest BCUT2D eigenvalue weighted by Gasteiger charge is -2.02. The fraction of sp³-hybridized carbons (Fsp3) is 0.0769. The number of nitrogens with zero attached hydrogens (tertiary/aromatic N) is 3. The van der Waals surface area contributed by atoms with Crippen LogP contribution in [0.2, 0.25) is 0 Å². The van der Waals surface area contributed by atoms with Crippen molar-refractivity contribution in [2.45, 2.75) is 5.33 Å². The highest BCUT2D eigenvalue weighted by atomic mass is 79.9. The van der Waals surface area contributed by atoms with E-state index in [0.29, 0.717) is 0 Å². The largest absolute Gasteiger partial charge is 0.220 e. The van der Waals surface area contributed by atoms with Gasteiger partial charge in [0.2, 0.25) is 0 Å². The Morgan fingerprint density at radius 3 is 2.65 bits per heavy atom. The van der Waals surface area contributed by atoms with Crippen LogP contribution in [0.15, 0.2) is 48.7 Å². The zero-order valence-electron chi connectivity index (χ0n) is 9.05. The highest BCUT2D eigenvalue weighted by Crippen LogP contribution is 2.18. The second kappa shape index (κ2) is 4.30.